The molecular weight excluding hydrogens is 482 g/mol. The largest absolute Gasteiger partial charge is 0.506 e. The predicted octanol–water partition coefficient (Wildman–Crippen LogP) is 5.89. The summed E-state index contributed by atoms with van der Waals surface area (Å²) in [7, 11) is 0. The number of benzene rings is 3. The minimum Gasteiger partial charge on any atom is -0.506 e. The van der Waals surface area contributed by atoms with Gasteiger partial charge in [0.15, 0.2) is 0 Å². The molecule has 6 rings (SSSR count). The van der Waals surface area contributed by atoms with Gasteiger partial charge in [0.05, 0.1) is 17.5 Å². The van der Waals surface area contributed by atoms with Crippen molar-refractivity contribution in [1.29, 1.82) is 0 Å². The summed E-state index contributed by atoms with van der Waals surface area (Å²) in [5.74, 6) is 0.586. The Hall–Kier alpha value is -4.56. The molecule has 0 unspecified atom stereocenters. The van der Waals surface area contributed by atoms with Gasteiger partial charge in [-0.15, -0.1) is 21.5 Å². The van der Waals surface area contributed by atoms with E-state index in [0.29, 0.717) is 28.9 Å². The lowest BCUT2D eigenvalue weighted by Gasteiger charge is -2.14. The Morgan fingerprint density at radius 1 is 0.919 bits per heavy atom. The minimum atomic E-state index is -0.202. The Morgan fingerprint density at radius 3 is 2.35 bits per heavy atom. The van der Waals surface area contributed by atoms with E-state index in [1.807, 2.05) is 84.9 Å². The molecule has 0 fully saturated rings. The van der Waals surface area contributed by atoms with E-state index in [-0.39, 0.29) is 11.3 Å². The molecule has 0 radical (unpaired) electrons. The molecule has 3 aromatic heterocycles. The van der Waals surface area contributed by atoms with Gasteiger partial charge in [0.2, 0.25) is 5.82 Å². The van der Waals surface area contributed by atoms with Gasteiger partial charge in [0.25, 0.3) is 5.56 Å². The average Bonchev–Trinajstić information content (AvgIpc) is 3.63. The SMILES string of the molecule is CCc1cc2c(O)c(-c3ccccc3)c(=O)n(Cc3ccc(-c4ccccc4-c4nn[nH]n4)cc3)c2s1. The van der Waals surface area contributed by atoms with E-state index < -0.39 is 0 Å². The molecule has 0 saturated heterocycles. The van der Waals surface area contributed by atoms with Gasteiger partial charge in [0, 0.05) is 10.4 Å². The molecule has 0 amide bonds. The molecule has 0 atom stereocenters. The summed E-state index contributed by atoms with van der Waals surface area (Å²) in [4.78, 5) is 15.7. The molecule has 3 aromatic carbocycles. The van der Waals surface area contributed by atoms with Gasteiger partial charge < -0.3 is 5.11 Å². The zero-order valence-corrected chi connectivity index (χ0v) is 20.9. The first kappa shape index (κ1) is 22.9. The molecule has 37 heavy (non-hydrogen) atoms. The second kappa shape index (κ2) is 9.48. The zero-order valence-electron chi connectivity index (χ0n) is 20.0. The van der Waals surface area contributed by atoms with Crippen LogP contribution in [-0.4, -0.2) is 30.3 Å². The first-order chi connectivity index (χ1) is 18.1. The van der Waals surface area contributed by atoms with Crippen LogP contribution in [0.15, 0.2) is 89.7 Å². The number of thiophene rings is 1. The maximum Gasteiger partial charge on any atom is 0.263 e. The lowest BCUT2D eigenvalue weighted by atomic mass is 9.98. The monoisotopic (exact) mass is 505 g/mol. The van der Waals surface area contributed by atoms with Crippen LogP contribution in [0.3, 0.4) is 0 Å². The van der Waals surface area contributed by atoms with Gasteiger partial charge >= 0.3 is 0 Å². The molecule has 8 heteroatoms. The molecule has 3 heterocycles. The van der Waals surface area contributed by atoms with Gasteiger partial charge in [-0.05, 0) is 40.0 Å². The molecule has 0 aliphatic heterocycles. The van der Waals surface area contributed by atoms with Crippen LogP contribution >= 0.6 is 11.3 Å². The number of nitrogens with one attached hydrogen (secondary N) is 1. The molecule has 0 aliphatic rings. The number of pyridine rings is 1. The number of hydrogen-bond donors (Lipinski definition) is 2. The van der Waals surface area contributed by atoms with Crippen LogP contribution in [0.1, 0.15) is 17.4 Å². The van der Waals surface area contributed by atoms with Crippen LogP contribution in [-0.2, 0) is 13.0 Å². The normalized spacial score (nSPS) is 11.3. The summed E-state index contributed by atoms with van der Waals surface area (Å²) in [5.41, 5.74) is 4.72. The van der Waals surface area contributed by atoms with Gasteiger partial charge in [-0.3, -0.25) is 9.36 Å². The lowest BCUT2D eigenvalue weighted by Crippen LogP contribution is -2.22. The zero-order chi connectivity index (χ0) is 25.4. The van der Waals surface area contributed by atoms with Crippen LogP contribution in [0.5, 0.6) is 5.75 Å². The number of aryl methyl sites for hydroxylation is 1. The van der Waals surface area contributed by atoms with Crippen molar-refractivity contribution in [2.45, 2.75) is 19.9 Å². The summed E-state index contributed by atoms with van der Waals surface area (Å²) < 4.78 is 1.78. The van der Waals surface area contributed by atoms with Crippen molar-refractivity contribution >= 4 is 21.6 Å². The van der Waals surface area contributed by atoms with Crippen molar-refractivity contribution in [3.05, 3.63) is 106 Å². The fourth-order valence-electron chi connectivity index (χ4n) is 4.63. The van der Waals surface area contributed by atoms with Crippen LogP contribution in [0, 0.1) is 0 Å². The standard InChI is InChI=1S/C29H23N5O2S/c1-2-21-16-24-26(35)25(20-8-4-3-5-9-20)28(36)34(29(24)37-21)17-18-12-14-19(15-13-18)22-10-6-7-11-23(22)27-30-32-33-31-27/h3-16,35H,2,17H2,1H3,(H,30,31,32,33). The second-order valence-corrected chi connectivity index (χ2v) is 9.86. The highest BCUT2D eigenvalue weighted by atomic mass is 32.1. The van der Waals surface area contributed by atoms with E-state index in [4.69, 9.17) is 0 Å². The van der Waals surface area contributed by atoms with Gasteiger partial charge in [-0.2, -0.15) is 5.21 Å². The maximum absolute atomic E-state index is 13.8. The van der Waals surface area contributed by atoms with Crippen LogP contribution in [0.25, 0.3) is 43.9 Å². The van der Waals surface area contributed by atoms with Crippen LogP contribution in [0.2, 0.25) is 0 Å². The Labute approximate surface area is 216 Å². The fraction of sp³-hybridized carbons (Fsp3) is 0.103. The highest BCUT2D eigenvalue weighted by Crippen LogP contribution is 2.38. The summed E-state index contributed by atoms with van der Waals surface area (Å²) in [6.07, 6.45) is 0.835. The van der Waals surface area contributed by atoms with Gasteiger partial charge in [-0.1, -0.05) is 85.8 Å². The lowest BCUT2D eigenvalue weighted by molar-refractivity contribution is 0.481. The van der Waals surface area contributed by atoms with Crippen molar-refractivity contribution in [3.8, 4) is 39.4 Å². The summed E-state index contributed by atoms with van der Waals surface area (Å²) in [5, 5.41) is 26.3. The maximum atomic E-state index is 13.8. The first-order valence-electron chi connectivity index (χ1n) is 12.0. The molecule has 0 spiro atoms. The number of aromatic amines is 1. The van der Waals surface area contributed by atoms with Crippen molar-refractivity contribution in [2.24, 2.45) is 0 Å². The molecule has 182 valence electrons. The van der Waals surface area contributed by atoms with Gasteiger partial charge in [0.1, 0.15) is 10.6 Å². The van der Waals surface area contributed by atoms with E-state index in [1.165, 1.54) is 0 Å². The Morgan fingerprint density at radius 2 is 1.65 bits per heavy atom. The molecule has 6 aromatic rings. The Kier molecular flexibility index (Phi) is 5.86. The molecule has 0 saturated carbocycles. The van der Waals surface area contributed by atoms with Crippen molar-refractivity contribution in [3.63, 3.8) is 0 Å². The molecule has 0 aliphatic carbocycles. The molecule has 7 nitrogen and oxygen atoms in total. The van der Waals surface area contributed by atoms with Crippen molar-refractivity contribution in [1.82, 2.24) is 25.2 Å². The topological polar surface area (TPSA) is 96.7 Å². The van der Waals surface area contributed by atoms with Gasteiger partial charge in [-0.25, -0.2) is 0 Å². The minimum absolute atomic E-state index is 0.0480. The number of rotatable bonds is 6. The third-order valence-electron chi connectivity index (χ3n) is 6.49. The predicted molar refractivity (Wildman–Crippen MR) is 147 cm³/mol. The number of H-pyrrole nitrogens is 1. The molecule has 2 N–H and O–H groups in total. The van der Waals surface area contributed by atoms with Crippen molar-refractivity contribution < 1.29 is 5.11 Å². The van der Waals surface area contributed by atoms with Crippen molar-refractivity contribution in [2.75, 3.05) is 0 Å². The quantitative estimate of drug-likeness (QED) is 0.294. The van der Waals surface area contributed by atoms with E-state index >= 15 is 0 Å². The molecule has 0 bridgehead atoms. The number of aromatic hydroxyl groups is 1. The number of nitrogens with zero attached hydrogens (tertiary/aromatic N) is 4. The first-order valence-corrected chi connectivity index (χ1v) is 12.8. The third kappa shape index (κ3) is 4.11. The number of tetrazole rings is 1. The van der Waals surface area contributed by atoms with E-state index in [0.717, 1.165) is 38.4 Å². The third-order valence-corrected chi connectivity index (χ3v) is 7.79. The number of aromatic nitrogens is 5. The van der Waals surface area contributed by atoms with Crippen LogP contribution < -0.4 is 5.56 Å². The van der Waals surface area contributed by atoms with Crippen LogP contribution in [0.4, 0.5) is 0 Å². The Bertz CT molecular complexity index is 1760. The summed E-state index contributed by atoms with van der Waals surface area (Å²) in [6, 6.07) is 27.4. The van der Waals surface area contributed by atoms with E-state index in [2.05, 4.69) is 27.5 Å². The Balaban J connectivity index is 1.43. The smallest absolute Gasteiger partial charge is 0.263 e. The fourth-order valence-corrected chi connectivity index (χ4v) is 5.72. The summed E-state index contributed by atoms with van der Waals surface area (Å²) in [6.45, 7) is 2.47. The number of fused-ring (bicyclic) bond motifs is 1. The average molecular weight is 506 g/mol. The molecular formula is C29H23N5O2S. The van der Waals surface area contributed by atoms with E-state index in [1.54, 1.807) is 15.9 Å². The number of hydrogen-bond acceptors (Lipinski definition) is 6. The van der Waals surface area contributed by atoms with E-state index in [9.17, 15) is 9.90 Å². The highest BCUT2D eigenvalue weighted by Gasteiger charge is 2.20. The second-order valence-electron chi connectivity index (χ2n) is 8.74. The summed E-state index contributed by atoms with van der Waals surface area (Å²) >= 11 is 1.56. The highest BCUT2D eigenvalue weighted by molar-refractivity contribution is 7.18.